The van der Waals surface area contributed by atoms with E-state index in [1.54, 1.807) is 18.2 Å². The molecule has 1 aromatic heterocycles. The first kappa shape index (κ1) is 19.2. The summed E-state index contributed by atoms with van der Waals surface area (Å²) in [6.07, 6.45) is -1.75. The van der Waals surface area contributed by atoms with Gasteiger partial charge in [-0.15, -0.1) is 0 Å². The number of hydrogen-bond acceptors (Lipinski definition) is 3. The molecule has 142 valence electrons. The van der Waals surface area contributed by atoms with Crippen LogP contribution in [0, 0.1) is 6.92 Å². The fourth-order valence-corrected chi connectivity index (χ4v) is 3.79. The van der Waals surface area contributed by atoms with Crippen LogP contribution < -0.4 is 4.72 Å². The Kier molecular flexibility index (Phi) is 5.12. The zero-order chi connectivity index (χ0) is 19.7. The van der Waals surface area contributed by atoms with Crippen molar-refractivity contribution in [1.82, 2.24) is 4.72 Å². The second-order valence-electron chi connectivity index (χ2n) is 6.04. The Hall–Kier alpha value is -2.58. The fourth-order valence-electron chi connectivity index (χ4n) is 2.57. The average molecular weight is 395 g/mol. The highest BCUT2D eigenvalue weighted by atomic mass is 32.2. The van der Waals surface area contributed by atoms with Crippen LogP contribution in [-0.2, 0) is 16.2 Å². The van der Waals surface area contributed by atoms with Gasteiger partial charge in [0, 0.05) is 5.56 Å². The van der Waals surface area contributed by atoms with E-state index in [-0.39, 0.29) is 4.90 Å². The van der Waals surface area contributed by atoms with E-state index in [0.29, 0.717) is 11.1 Å². The van der Waals surface area contributed by atoms with E-state index < -0.39 is 27.8 Å². The number of aryl methyl sites for hydroxylation is 1. The van der Waals surface area contributed by atoms with Gasteiger partial charge in [-0.25, -0.2) is 8.42 Å². The molecule has 1 N–H and O–H groups in total. The zero-order valence-corrected chi connectivity index (χ0v) is 15.0. The molecule has 4 nitrogen and oxygen atoms in total. The molecule has 0 aliphatic carbocycles. The van der Waals surface area contributed by atoms with Gasteiger partial charge >= 0.3 is 6.18 Å². The summed E-state index contributed by atoms with van der Waals surface area (Å²) in [5.74, 6) is 0. The quantitative estimate of drug-likeness (QED) is 0.683. The summed E-state index contributed by atoms with van der Waals surface area (Å²) in [5, 5.41) is 0. The van der Waals surface area contributed by atoms with Crippen LogP contribution in [0.5, 0.6) is 0 Å². The van der Waals surface area contributed by atoms with E-state index in [1.165, 1.54) is 36.8 Å². The lowest BCUT2D eigenvalue weighted by molar-refractivity contribution is -0.137. The second-order valence-corrected chi connectivity index (χ2v) is 7.76. The molecular weight excluding hydrogens is 379 g/mol. The molecule has 1 heterocycles. The van der Waals surface area contributed by atoms with E-state index in [2.05, 4.69) is 4.72 Å². The monoisotopic (exact) mass is 395 g/mol. The third-order valence-electron chi connectivity index (χ3n) is 4.05. The fraction of sp³-hybridized carbons (Fsp3) is 0.158. The minimum Gasteiger partial charge on any atom is -0.472 e. The van der Waals surface area contributed by atoms with Crippen LogP contribution in [0.25, 0.3) is 0 Å². The van der Waals surface area contributed by atoms with Crippen molar-refractivity contribution in [3.8, 4) is 0 Å². The molecule has 0 unspecified atom stereocenters. The molecule has 8 heteroatoms. The van der Waals surface area contributed by atoms with Gasteiger partial charge in [-0.1, -0.05) is 29.8 Å². The van der Waals surface area contributed by atoms with Crippen molar-refractivity contribution < 1.29 is 26.0 Å². The van der Waals surface area contributed by atoms with Crippen molar-refractivity contribution in [2.24, 2.45) is 0 Å². The Morgan fingerprint density at radius 3 is 2.07 bits per heavy atom. The predicted molar refractivity (Wildman–Crippen MR) is 93.5 cm³/mol. The number of halogens is 3. The Bertz CT molecular complexity index is 994. The highest BCUT2D eigenvalue weighted by Gasteiger charge is 2.31. The van der Waals surface area contributed by atoms with Crippen molar-refractivity contribution in [3.63, 3.8) is 0 Å². The number of rotatable bonds is 5. The molecule has 0 saturated heterocycles. The van der Waals surface area contributed by atoms with Gasteiger partial charge in [0.05, 0.1) is 29.0 Å². The second kappa shape index (κ2) is 7.21. The van der Waals surface area contributed by atoms with Crippen LogP contribution in [0.1, 0.15) is 28.3 Å². The molecule has 0 aliphatic heterocycles. The van der Waals surface area contributed by atoms with Gasteiger partial charge in [-0.05, 0) is 42.8 Å². The molecule has 1 atom stereocenters. The van der Waals surface area contributed by atoms with Gasteiger partial charge in [0.25, 0.3) is 0 Å². The Morgan fingerprint density at radius 1 is 0.926 bits per heavy atom. The lowest BCUT2D eigenvalue weighted by Crippen LogP contribution is -2.29. The number of hydrogen-bond donors (Lipinski definition) is 1. The molecular formula is C19H16F3NO3S. The van der Waals surface area contributed by atoms with Crippen LogP contribution in [0.4, 0.5) is 13.2 Å². The van der Waals surface area contributed by atoms with Crippen LogP contribution in [0.3, 0.4) is 0 Å². The molecule has 0 fully saturated rings. The largest absolute Gasteiger partial charge is 0.472 e. The first-order chi connectivity index (χ1) is 12.7. The van der Waals surface area contributed by atoms with E-state index in [1.807, 2.05) is 6.92 Å². The molecule has 0 spiro atoms. The lowest BCUT2D eigenvalue weighted by atomic mass is 10.0. The lowest BCUT2D eigenvalue weighted by Gasteiger charge is -2.19. The van der Waals surface area contributed by atoms with E-state index in [9.17, 15) is 21.6 Å². The summed E-state index contributed by atoms with van der Waals surface area (Å²) in [4.78, 5) is 0.0634. The highest BCUT2D eigenvalue weighted by Crippen LogP contribution is 2.31. The number of alkyl halides is 3. The summed E-state index contributed by atoms with van der Waals surface area (Å²) < 4.78 is 71.4. The molecule has 0 amide bonds. The maximum absolute atomic E-state index is 12.8. The van der Waals surface area contributed by atoms with Gasteiger partial charge in [0.1, 0.15) is 0 Å². The summed E-state index contributed by atoms with van der Waals surface area (Å²) >= 11 is 0. The standard InChI is InChI=1S/C19H16F3NO3S/c1-13-2-8-17(9-3-13)27(24,25)23-18(15-10-11-26-12-15)14-4-6-16(7-5-14)19(20,21)22/h2-12,18,23H,1H3/t18-/m1/s1. The van der Waals surface area contributed by atoms with Gasteiger partial charge in [-0.2, -0.15) is 17.9 Å². The van der Waals surface area contributed by atoms with Crippen LogP contribution in [-0.4, -0.2) is 8.42 Å². The summed E-state index contributed by atoms with van der Waals surface area (Å²) in [5.41, 5.74) is 0.937. The van der Waals surface area contributed by atoms with E-state index in [4.69, 9.17) is 4.42 Å². The third kappa shape index (κ3) is 4.40. The molecule has 3 aromatic rings. The molecule has 0 saturated carbocycles. The maximum Gasteiger partial charge on any atom is 0.416 e. The van der Waals surface area contributed by atoms with Crippen molar-refractivity contribution in [2.45, 2.75) is 24.0 Å². The molecule has 0 bridgehead atoms. The van der Waals surface area contributed by atoms with Crippen molar-refractivity contribution in [3.05, 3.63) is 89.4 Å². The number of nitrogens with one attached hydrogen (secondary N) is 1. The summed E-state index contributed by atoms with van der Waals surface area (Å²) in [7, 11) is -3.90. The van der Waals surface area contributed by atoms with Gasteiger partial charge in [0.2, 0.25) is 10.0 Å². The third-order valence-corrected chi connectivity index (χ3v) is 5.49. The molecule has 0 radical (unpaired) electrons. The van der Waals surface area contributed by atoms with Gasteiger partial charge in [0.15, 0.2) is 0 Å². The SMILES string of the molecule is Cc1ccc(S(=O)(=O)N[C@H](c2ccc(C(F)(F)F)cc2)c2ccoc2)cc1. The predicted octanol–water partition coefficient (Wildman–Crippen LogP) is 4.67. The molecule has 27 heavy (non-hydrogen) atoms. The highest BCUT2D eigenvalue weighted by molar-refractivity contribution is 7.89. The topological polar surface area (TPSA) is 59.3 Å². The summed E-state index contributed by atoms with van der Waals surface area (Å²) in [6.45, 7) is 1.83. The number of furan rings is 1. The minimum absolute atomic E-state index is 0.0634. The van der Waals surface area contributed by atoms with Gasteiger partial charge in [-0.3, -0.25) is 0 Å². The van der Waals surface area contributed by atoms with Crippen molar-refractivity contribution >= 4 is 10.0 Å². The van der Waals surface area contributed by atoms with Crippen molar-refractivity contribution in [1.29, 1.82) is 0 Å². The van der Waals surface area contributed by atoms with Crippen LogP contribution in [0.15, 0.2) is 76.4 Å². The van der Waals surface area contributed by atoms with E-state index in [0.717, 1.165) is 17.7 Å². The Balaban J connectivity index is 1.97. The molecule has 2 aromatic carbocycles. The number of sulfonamides is 1. The molecule has 0 aliphatic rings. The summed E-state index contributed by atoms with van der Waals surface area (Å²) in [6, 6.07) is 11.3. The zero-order valence-electron chi connectivity index (χ0n) is 14.2. The Morgan fingerprint density at radius 2 is 1.56 bits per heavy atom. The van der Waals surface area contributed by atoms with Crippen LogP contribution >= 0.6 is 0 Å². The molecule has 3 rings (SSSR count). The van der Waals surface area contributed by atoms with Crippen molar-refractivity contribution in [2.75, 3.05) is 0 Å². The van der Waals surface area contributed by atoms with Crippen LogP contribution in [0.2, 0.25) is 0 Å². The first-order valence-corrected chi connectivity index (χ1v) is 9.43. The number of benzene rings is 2. The minimum atomic E-state index is -4.47. The smallest absolute Gasteiger partial charge is 0.416 e. The van der Waals surface area contributed by atoms with Gasteiger partial charge < -0.3 is 4.42 Å². The average Bonchev–Trinajstić information content (AvgIpc) is 3.14. The Labute approximate surface area is 154 Å². The first-order valence-electron chi connectivity index (χ1n) is 7.95. The van der Waals surface area contributed by atoms with E-state index >= 15 is 0 Å². The maximum atomic E-state index is 12.8. The normalized spacial score (nSPS) is 13.5.